The van der Waals surface area contributed by atoms with Crippen LogP contribution in [0.3, 0.4) is 0 Å². The van der Waals surface area contributed by atoms with E-state index in [2.05, 4.69) is 0 Å². The summed E-state index contributed by atoms with van der Waals surface area (Å²) in [5.74, 6) is -0.171. The minimum Gasteiger partial charge on any atom is -0.480 e. The van der Waals surface area contributed by atoms with Crippen LogP contribution in [0.15, 0.2) is 0 Å². The van der Waals surface area contributed by atoms with Crippen molar-refractivity contribution in [2.24, 2.45) is 29.1 Å². The number of aliphatic carboxylic acids is 1. The van der Waals surface area contributed by atoms with Crippen molar-refractivity contribution in [2.75, 3.05) is 11.5 Å². The van der Waals surface area contributed by atoms with E-state index >= 15 is 0 Å². The quantitative estimate of drug-likeness (QED) is 0.726. The normalized spacial score (nSPS) is 44.2. The fraction of sp³-hybridized carbons (Fsp3) is 0.818. The summed E-state index contributed by atoms with van der Waals surface area (Å²) in [6.45, 7) is 0. The molecule has 1 saturated heterocycles. The molecule has 3 aliphatic rings. The van der Waals surface area contributed by atoms with Crippen LogP contribution in [0.1, 0.15) is 12.8 Å². The third-order valence-electron chi connectivity index (χ3n) is 4.88. The maximum absolute atomic E-state index is 11.5. The van der Waals surface area contributed by atoms with Crippen LogP contribution in [0.5, 0.6) is 0 Å². The Kier molecular flexibility index (Phi) is 1.96. The lowest BCUT2D eigenvalue weighted by molar-refractivity contribution is -0.145. The first-order valence-corrected chi connectivity index (χ1v) is 7.56. The zero-order valence-electron chi connectivity index (χ0n) is 9.17. The van der Waals surface area contributed by atoms with E-state index < -0.39 is 21.2 Å². The van der Waals surface area contributed by atoms with Crippen LogP contribution >= 0.6 is 0 Å². The topological polar surface area (TPSA) is 95.2 Å². The van der Waals surface area contributed by atoms with Crippen LogP contribution in [0.4, 0.5) is 0 Å². The molecule has 0 bridgehead atoms. The lowest BCUT2D eigenvalue weighted by atomic mass is 9.60. The Morgan fingerprint density at radius 1 is 1.18 bits per heavy atom. The Morgan fingerprint density at radius 2 is 1.65 bits per heavy atom. The summed E-state index contributed by atoms with van der Waals surface area (Å²) in [6.07, 6.45) is 0.667. The zero-order chi connectivity index (χ0) is 12.4. The fourth-order valence-corrected chi connectivity index (χ4v) is 6.38. The Labute approximate surface area is 99.3 Å². The molecule has 1 N–H and O–H groups in total. The van der Waals surface area contributed by atoms with Crippen molar-refractivity contribution in [1.29, 1.82) is 5.26 Å². The monoisotopic (exact) mass is 255 g/mol. The largest absolute Gasteiger partial charge is 0.480 e. The molecular formula is C11H13NO4S. The number of fused-ring (bicyclic) bond motifs is 4. The second-order valence-electron chi connectivity index (χ2n) is 5.64. The van der Waals surface area contributed by atoms with E-state index in [1.54, 1.807) is 0 Å². The van der Waals surface area contributed by atoms with Gasteiger partial charge in [-0.2, -0.15) is 5.26 Å². The van der Waals surface area contributed by atoms with Gasteiger partial charge in [0, 0.05) is 0 Å². The van der Waals surface area contributed by atoms with E-state index in [-0.39, 0.29) is 35.2 Å². The smallest absolute Gasteiger partial charge is 0.324 e. The van der Waals surface area contributed by atoms with Crippen molar-refractivity contribution in [3.05, 3.63) is 0 Å². The lowest BCUT2D eigenvalue weighted by Gasteiger charge is -2.43. The molecule has 5 nitrogen and oxygen atoms in total. The first kappa shape index (κ1) is 11.0. The molecule has 92 valence electrons. The predicted octanol–water partition coefficient (Wildman–Crippen LogP) is 0.282. The van der Waals surface area contributed by atoms with Crippen LogP contribution in [-0.2, 0) is 14.6 Å². The van der Waals surface area contributed by atoms with Gasteiger partial charge in [-0.3, -0.25) is 4.79 Å². The van der Waals surface area contributed by atoms with Gasteiger partial charge >= 0.3 is 5.97 Å². The molecule has 2 aliphatic carbocycles. The number of rotatable bonds is 1. The van der Waals surface area contributed by atoms with Crippen LogP contribution in [0.25, 0.3) is 0 Å². The standard InChI is InChI=1S/C11H13NO4S/c12-5-11(10(13)14)1-6-7(2-11)9-4-17(15,16)3-8(6)9/h6-9H,1-4H2,(H,13,14)/t6-,7-,8+,9+/m1/s1. The lowest BCUT2D eigenvalue weighted by Crippen LogP contribution is -2.42. The second kappa shape index (κ2) is 3.02. The Bertz CT molecular complexity index is 506. The van der Waals surface area contributed by atoms with E-state index in [9.17, 15) is 13.2 Å². The maximum Gasteiger partial charge on any atom is 0.324 e. The molecule has 0 aromatic heterocycles. The third kappa shape index (κ3) is 1.29. The van der Waals surface area contributed by atoms with E-state index in [0.29, 0.717) is 12.8 Å². The van der Waals surface area contributed by atoms with Gasteiger partial charge in [-0.1, -0.05) is 0 Å². The summed E-state index contributed by atoms with van der Waals surface area (Å²) in [5.41, 5.74) is -1.26. The van der Waals surface area contributed by atoms with E-state index in [4.69, 9.17) is 10.4 Å². The van der Waals surface area contributed by atoms with E-state index in [1.165, 1.54) is 0 Å². The van der Waals surface area contributed by atoms with Gasteiger partial charge in [0.1, 0.15) is 0 Å². The van der Waals surface area contributed by atoms with Crippen LogP contribution in [-0.4, -0.2) is 31.0 Å². The molecule has 0 radical (unpaired) electrons. The predicted molar refractivity (Wildman–Crippen MR) is 57.5 cm³/mol. The molecule has 0 amide bonds. The number of hydrogen-bond donors (Lipinski definition) is 1. The number of nitriles is 1. The molecule has 0 aromatic carbocycles. The van der Waals surface area contributed by atoms with Gasteiger partial charge < -0.3 is 5.11 Å². The average Bonchev–Trinajstić information content (AvgIpc) is 2.73. The number of carbonyl (C=O) groups is 1. The third-order valence-corrected chi connectivity index (χ3v) is 6.67. The molecule has 2 saturated carbocycles. The average molecular weight is 255 g/mol. The SMILES string of the molecule is N#CC1(C(=O)O)C[C@@H]2[C@@H](C1)[C@@H]1CS(=O)(=O)C[C@@H]21. The van der Waals surface area contributed by atoms with Gasteiger partial charge in [-0.25, -0.2) is 8.42 Å². The highest BCUT2D eigenvalue weighted by molar-refractivity contribution is 7.91. The highest BCUT2D eigenvalue weighted by Crippen LogP contribution is 2.63. The van der Waals surface area contributed by atoms with Crippen LogP contribution < -0.4 is 0 Å². The number of carboxylic acid groups (broad SMARTS) is 1. The van der Waals surface area contributed by atoms with Crippen molar-refractivity contribution in [2.45, 2.75) is 12.8 Å². The van der Waals surface area contributed by atoms with E-state index in [1.807, 2.05) is 6.07 Å². The molecule has 3 rings (SSSR count). The Hall–Kier alpha value is -1.09. The first-order chi connectivity index (χ1) is 7.88. The van der Waals surface area contributed by atoms with Crippen molar-refractivity contribution >= 4 is 15.8 Å². The fourth-order valence-electron chi connectivity index (χ4n) is 4.08. The Balaban J connectivity index is 1.86. The molecular weight excluding hydrogens is 242 g/mol. The maximum atomic E-state index is 11.5. The van der Waals surface area contributed by atoms with E-state index in [0.717, 1.165) is 0 Å². The summed E-state index contributed by atoms with van der Waals surface area (Å²) in [6, 6.07) is 1.94. The van der Waals surface area contributed by atoms with Crippen molar-refractivity contribution < 1.29 is 18.3 Å². The van der Waals surface area contributed by atoms with Crippen LogP contribution in [0.2, 0.25) is 0 Å². The summed E-state index contributed by atoms with van der Waals surface area (Å²) in [4.78, 5) is 11.2. The van der Waals surface area contributed by atoms with Gasteiger partial charge in [-0.15, -0.1) is 0 Å². The molecule has 0 spiro atoms. The zero-order valence-corrected chi connectivity index (χ0v) is 9.98. The molecule has 4 atom stereocenters. The molecule has 1 heterocycles. The highest BCUT2D eigenvalue weighted by Gasteiger charge is 2.65. The number of hydrogen-bond acceptors (Lipinski definition) is 4. The van der Waals surface area contributed by atoms with Crippen LogP contribution in [0, 0.1) is 40.4 Å². The number of sulfone groups is 1. The van der Waals surface area contributed by atoms with Gasteiger partial charge in [0.25, 0.3) is 0 Å². The van der Waals surface area contributed by atoms with Gasteiger partial charge in [-0.05, 0) is 36.5 Å². The molecule has 1 aliphatic heterocycles. The summed E-state index contributed by atoms with van der Waals surface area (Å²) in [5, 5.41) is 18.2. The minimum absolute atomic E-state index is 0.111. The summed E-state index contributed by atoms with van der Waals surface area (Å²) < 4.78 is 23.0. The minimum atomic E-state index is -2.92. The van der Waals surface area contributed by atoms with Gasteiger partial charge in [0.05, 0.1) is 17.6 Å². The molecule has 3 fully saturated rings. The van der Waals surface area contributed by atoms with Crippen molar-refractivity contribution in [3.63, 3.8) is 0 Å². The molecule has 0 unspecified atom stereocenters. The Morgan fingerprint density at radius 3 is 2.00 bits per heavy atom. The molecule has 6 heteroatoms. The molecule has 17 heavy (non-hydrogen) atoms. The van der Waals surface area contributed by atoms with Gasteiger partial charge in [0.15, 0.2) is 15.3 Å². The second-order valence-corrected chi connectivity index (χ2v) is 7.79. The van der Waals surface area contributed by atoms with Crippen molar-refractivity contribution in [3.8, 4) is 6.07 Å². The first-order valence-electron chi connectivity index (χ1n) is 5.74. The highest BCUT2D eigenvalue weighted by atomic mass is 32.2. The summed E-state index contributed by atoms with van der Waals surface area (Å²) >= 11 is 0. The number of carboxylic acids is 1. The van der Waals surface area contributed by atoms with Crippen molar-refractivity contribution in [1.82, 2.24) is 0 Å². The van der Waals surface area contributed by atoms with Gasteiger partial charge in [0.2, 0.25) is 0 Å². The molecule has 0 aromatic rings. The summed E-state index contributed by atoms with van der Waals surface area (Å²) in [7, 11) is -2.92. The number of nitrogens with zero attached hydrogens (tertiary/aromatic N) is 1.